The first-order valence-electron chi connectivity index (χ1n) is 8.84. The Bertz CT molecular complexity index is 498. The molecule has 4 heteroatoms. The first-order valence-corrected chi connectivity index (χ1v) is 9.83. The molecule has 2 rings (SSSR count). The van der Waals surface area contributed by atoms with Crippen molar-refractivity contribution in [1.82, 2.24) is 10.2 Å². The number of hydrogen-bond acceptors (Lipinski definition) is 3. The molecule has 1 aliphatic heterocycles. The molecule has 0 aromatic heterocycles. The minimum Gasteiger partial charge on any atom is -0.356 e. The highest BCUT2D eigenvalue weighted by molar-refractivity contribution is 7.99. The molecule has 3 nitrogen and oxygen atoms in total. The Morgan fingerprint density at radius 1 is 1.17 bits per heavy atom. The number of nitrogens with one attached hydrogen (secondary N) is 1. The van der Waals surface area contributed by atoms with Gasteiger partial charge in [-0.05, 0) is 76.0 Å². The van der Waals surface area contributed by atoms with Crippen molar-refractivity contribution in [3.05, 3.63) is 29.3 Å². The van der Waals surface area contributed by atoms with Crippen LogP contribution in [0.1, 0.15) is 43.2 Å². The summed E-state index contributed by atoms with van der Waals surface area (Å²) in [5, 5.41) is 3.05. The van der Waals surface area contributed by atoms with E-state index in [1.165, 1.54) is 48.4 Å². The number of piperidine rings is 1. The molecule has 0 atom stereocenters. The van der Waals surface area contributed by atoms with Crippen LogP contribution < -0.4 is 5.32 Å². The van der Waals surface area contributed by atoms with Crippen LogP contribution in [0.3, 0.4) is 0 Å². The Morgan fingerprint density at radius 2 is 1.96 bits per heavy atom. The number of rotatable bonds is 8. The van der Waals surface area contributed by atoms with Crippen molar-refractivity contribution in [3.8, 4) is 0 Å². The Morgan fingerprint density at radius 3 is 2.70 bits per heavy atom. The lowest BCUT2D eigenvalue weighted by molar-refractivity contribution is -0.120. The van der Waals surface area contributed by atoms with Crippen LogP contribution in [0, 0.1) is 13.8 Å². The standard InChI is InChI=1S/C19H30N2OS/c1-16-7-8-18(15-17(16)2)23-14-9-19(22)20-10-6-13-21-11-4-3-5-12-21/h7-8,15H,3-6,9-14H2,1-2H3,(H,20,22). The van der Waals surface area contributed by atoms with Crippen molar-refractivity contribution >= 4 is 17.7 Å². The third-order valence-corrected chi connectivity index (χ3v) is 5.49. The Labute approximate surface area is 145 Å². The van der Waals surface area contributed by atoms with Crippen LogP contribution in [0.4, 0.5) is 0 Å². The number of carbonyl (C=O) groups excluding carboxylic acids is 1. The van der Waals surface area contributed by atoms with E-state index in [0.717, 1.165) is 25.3 Å². The average Bonchev–Trinajstić information content (AvgIpc) is 2.56. The topological polar surface area (TPSA) is 32.3 Å². The van der Waals surface area contributed by atoms with Crippen LogP contribution in [0.25, 0.3) is 0 Å². The summed E-state index contributed by atoms with van der Waals surface area (Å²) in [6.07, 6.45) is 5.72. The smallest absolute Gasteiger partial charge is 0.220 e. The highest BCUT2D eigenvalue weighted by Gasteiger charge is 2.09. The van der Waals surface area contributed by atoms with E-state index in [1.54, 1.807) is 11.8 Å². The van der Waals surface area contributed by atoms with E-state index < -0.39 is 0 Å². The molecule has 23 heavy (non-hydrogen) atoms. The van der Waals surface area contributed by atoms with E-state index >= 15 is 0 Å². The summed E-state index contributed by atoms with van der Waals surface area (Å²) in [5.74, 6) is 1.03. The summed E-state index contributed by atoms with van der Waals surface area (Å²) in [6.45, 7) is 8.66. The quantitative estimate of drug-likeness (QED) is 0.580. The first kappa shape index (κ1) is 18.3. The van der Waals surface area contributed by atoms with Crippen molar-refractivity contribution < 1.29 is 4.79 Å². The second kappa shape index (κ2) is 9.99. The molecule has 0 spiro atoms. The van der Waals surface area contributed by atoms with Crippen LogP contribution >= 0.6 is 11.8 Å². The molecule has 1 amide bonds. The predicted octanol–water partition coefficient (Wildman–Crippen LogP) is 3.78. The van der Waals surface area contributed by atoms with Gasteiger partial charge in [0, 0.05) is 23.6 Å². The number of carbonyl (C=O) groups is 1. The Balaban J connectivity index is 1.53. The molecule has 1 saturated heterocycles. The van der Waals surface area contributed by atoms with E-state index in [-0.39, 0.29) is 5.91 Å². The van der Waals surface area contributed by atoms with Gasteiger partial charge in [0.25, 0.3) is 0 Å². The van der Waals surface area contributed by atoms with Gasteiger partial charge in [0.1, 0.15) is 0 Å². The lowest BCUT2D eigenvalue weighted by Crippen LogP contribution is -2.33. The molecule has 0 radical (unpaired) electrons. The van der Waals surface area contributed by atoms with Gasteiger partial charge in [-0.25, -0.2) is 0 Å². The monoisotopic (exact) mass is 334 g/mol. The molecule has 0 saturated carbocycles. The number of benzene rings is 1. The third kappa shape index (κ3) is 6.96. The largest absolute Gasteiger partial charge is 0.356 e. The molecular formula is C19H30N2OS. The molecule has 128 valence electrons. The highest BCUT2D eigenvalue weighted by Crippen LogP contribution is 2.21. The fraction of sp³-hybridized carbons (Fsp3) is 0.632. The summed E-state index contributed by atoms with van der Waals surface area (Å²) in [6, 6.07) is 6.50. The molecule has 0 unspecified atom stereocenters. The molecule has 1 aliphatic rings. The minimum atomic E-state index is 0.181. The van der Waals surface area contributed by atoms with E-state index in [2.05, 4.69) is 42.3 Å². The van der Waals surface area contributed by atoms with Gasteiger partial charge < -0.3 is 10.2 Å². The zero-order chi connectivity index (χ0) is 16.5. The summed E-state index contributed by atoms with van der Waals surface area (Å²) in [7, 11) is 0. The third-order valence-electron chi connectivity index (χ3n) is 4.50. The zero-order valence-electron chi connectivity index (χ0n) is 14.6. The minimum absolute atomic E-state index is 0.181. The van der Waals surface area contributed by atoms with Gasteiger partial charge in [0.2, 0.25) is 5.91 Å². The second-order valence-corrected chi connectivity index (χ2v) is 7.62. The van der Waals surface area contributed by atoms with E-state index in [4.69, 9.17) is 0 Å². The van der Waals surface area contributed by atoms with Crippen molar-refractivity contribution in [3.63, 3.8) is 0 Å². The highest BCUT2D eigenvalue weighted by atomic mass is 32.2. The molecule has 1 heterocycles. The fourth-order valence-electron chi connectivity index (χ4n) is 2.87. The molecule has 1 aromatic rings. The molecule has 1 aromatic carbocycles. The van der Waals surface area contributed by atoms with Crippen LogP contribution in [0.2, 0.25) is 0 Å². The molecule has 1 fully saturated rings. The Hall–Kier alpha value is -1.00. The number of aryl methyl sites for hydroxylation is 2. The van der Waals surface area contributed by atoms with Crippen molar-refractivity contribution in [2.75, 3.05) is 31.9 Å². The van der Waals surface area contributed by atoms with Crippen molar-refractivity contribution in [2.45, 2.75) is 50.8 Å². The lowest BCUT2D eigenvalue weighted by atomic mass is 10.1. The maximum absolute atomic E-state index is 11.9. The van der Waals surface area contributed by atoms with Crippen LogP contribution in [0.15, 0.2) is 23.1 Å². The predicted molar refractivity (Wildman–Crippen MR) is 99.2 cm³/mol. The van der Waals surface area contributed by atoms with E-state index in [0.29, 0.717) is 6.42 Å². The van der Waals surface area contributed by atoms with Crippen molar-refractivity contribution in [2.24, 2.45) is 0 Å². The number of hydrogen-bond donors (Lipinski definition) is 1. The molecule has 1 N–H and O–H groups in total. The first-order chi connectivity index (χ1) is 11.1. The number of thioether (sulfide) groups is 1. The van der Waals surface area contributed by atoms with Gasteiger partial charge in [-0.1, -0.05) is 12.5 Å². The van der Waals surface area contributed by atoms with Gasteiger partial charge in [0.15, 0.2) is 0 Å². The van der Waals surface area contributed by atoms with Gasteiger partial charge in [0.05, 0.1) is 0 Å². The van der Waals surface area contributed by atoms with E-state index in [9.17, 15) is 4.79 Å². The summed E-state index contributed by atoms with van der Waals surface area (Å²) in [4.78, 5) is 15.6. The van der Waals surface area contributed by atoms with Gasteiger partial charge in [-0.15, -0.1) is 11.8 Å². The number of nitrogens with zero attached hydrogens (tertiary/aromatic N) is 1. The lowest BCUT2D eigenvalue weighted by Gasteiger charge is -2.26. The SMILES string of the molecule is Cc1ccc(SCCC(=O)NCCCN2CCCCC2)cc1C. The maximum Gasteiger partial charge on any atom is 0.220 e. The average molecular weight is 335 g/mol. The number of amides is 1. The van der Waals surface area contributed by atoms with E-state index in [1.807, 2.05) is 0 Å². The summed E-state index contributed by atoms with van der Waals surface area (Å²) in [5.41, 5.74) is 2.64. The molecule has 0 aliphatic carbocycles. The summed E-state index contributed by atoms with van der Waals surface area (Å²) >= 11 is 1.76. The van der Waals surface area contributed by atoms with Crippen LogP contribution in [0.5, 0.6) is 0 Å². The van der Waals surface area contributed by atoms with Crippen LogP contribution in [-0.4, -0.2) is 42.7 Å². The molecule has 0 bridgehead atoms. The zero-order valence-corrected chi connectivity index (χ0v) is 15.4. The Kier molecular flexibility index (Phi) is 7.96. The normalized spacial score (nSPS) is 15.6. The fourth-order valence-corrected chi connectivity index (χ4v) is 3.81. The molecular weight excluding hydrogens is 304 g/mol. The summed E-state index contributed by atoms with van der Waals surface area (Å²) < 4.78 is 0. The van der Waals surface area contributed by atoms with Gasteiger partial charge >= 0.3 is 0 Å². The van der Waals surface area contributed by atoms with Gasteiger partial charge in [-0.3, -0.25) is 4.79 Å². The number of likely N-dealkylation sites (tertiary alicyclic amines) is 1. The van der Waals surface area contributed by atoms with Crippen molar-refractivity contribution in [1.29, 1.82) is 0 Å². The van der Waals surface area contributed by atoms with Crippen LogP contribution in [-0.2, 0) is 4.79 Å². The second-order valence-electron chi connectivity index (χ2n) is 6.45. The maximum atomic E-state index is 11.9. The van der Waals surface area contributed by atoms with Gasteiger partial charge in [-0.2, -0.15) is 0 Å².